The second-order valence-corrected chi connectivity index (χ2v) is 8.27. The van der Waals surface area contributed by atoms with Crippen LogP contribution in [0.4, 0.5) is 20.3 Å². The number of allylic oxidation sites excluding steroid dienone is 4. The van der Waals surface area contributed by atoms with E-state index in [0.717, 1.165) is 4.90 Å². The van der Waals surface area contributed by atoms with Gasteiger partial charge in [-0.25, -0.2) is 18.7 Å². The van der Waals surface area contributed by atoms with Crippen LogP contribution in [0.2, 0.25) is 0 Å². The summed E-state index contributed by atoms with van der Waals surface area (Å²) in [4.78, 5) is 34.4. The normalized spacial score (nSPS) is 19.7. The maximum absolute atomic E-state index is 13.5. The van der Waals surface area contributed by atoms with Gasteiger partial charge in [-0.3, -0.25) is 9.59 Å². The van der Waals surface area contributed by atoms with Gasteiger partial charge in [0.25, 0.3) is 11.5 Å². The average Bonchev–Trinajstić information content (AvgIpc) is 3.26. The summed E-state index contributed by atoms with van der Waals surface area (Å²) in [5.74, 6) is -1.22. The quantitative estimate of drug-likeness (QED) is 0.609. The number of carbonyl (C=O) groups excluding carboxylic acids is 2. The molecule has 1 aliphatic carbocycles. The number of rotatable bonds is 5. The number of hydrogen-bond donors (Lipinski definition) is 2. The van der Waals surface area contributed by atoms with Crippen LogP contribution in [0.15, 0.2) is 47.2 Å². The summed E-state index contributed by atoms with van der Waals surface area (Å²) in [7, 11) is 0. The Labute approximate surface area is 192 Å². The molecule has 11 heteroatoms. The van der Waals surface area contributed by atoms with Crippen LogP contribution in [0.1, 0.15) is 25.7 Å². The lowest BCUT2D eigenvalue weighted by Gasteiger charge is -2.24. The smallest absolute Gasteiger partial charge is 0.273 e. The molecule has 2 aliphatic rings. The summed E-state index contributed by atoms with van der Waals surface area (Å²) in [6.07, 6.45) is 4.54. The van der Waals surface area contributed by atoms with Crippen molar-refractivity contribution in [3.8, 4) is 0 Å². The van der Waals surface area contributed by atoms with Crippen LogP contribution in [0.5, 0.6) is 0 Å². The number of nitrogens with one attached hydrogen (secondary N) is 2. The van der Waals surface area contributed by atoms with Gasteiger partial charge in [0, 0.05) is 29.7 Å². The van der Waals surface area contributed by atoms with Crippen molar-refractivity contribution in [3.05, 3.63) is 47.2 Å². The number of likely N-dealkylation sites (tertiary alicyclic amines) is 1. The molecule has 1 fully saturated rings. The number of anilines is 2. The molecule has 2 aromatic rings. The van der Waals surface area contributed by atoms with Gasteiger partial charge in [0.15, 0.2) is 0 Å². The highest BCUT2D eigenvalue weighted by molar-refractivity contribution is 6.31. The number of amides is 2. The lowest BCUT2D eigenvalue weighted by Crippen LogP contribution is -2.45. The van der Waals surface area contributed by atoms with Crippen LogP contribution in [-0.4, -0.2) is 44.9 Å². The second-order valence-electron chi connectivity index (χ2n) is 7.48. The lowest BCUT2D eigenvalue weighted by molar-refractivity contribution is -0.138. The minimum Gasteiger partial charge on any atom is -0.343 e. The largest absolute Gasteiger partial charge is 0.343 e. The molecule has 1 aromatic carbocycles. The molecule has 0 radical (unpaired) electrons. The highest BCUT2D eigenvalue weighted by Crippen LogP contribution is 2.30. The van der Waals surface area contributed by atoms with E-state index in [1.165, 1.54) is 12.4 Å². The van der Waals surface area contributed by atoms with Gasteiger partial charge >= 0.3 is 0 Å². The molecular weight excluding hydrogens is 463 g/mol. The predicted molar refractivity (Wildman–Crippen MR) is 119 cm³/mol. The first-order valence-corrected chi connectivity index (χ1v) is 10.8. The first-order chi connectivity index (χ1) is 15.3. The molecule has 1 aromatic heterocycles. The first-order valence-electron chi connectivity index (χ1n) is 9.99. The first kappa shape index (κ1) is 22.4. The van der Waals surface area contributed by atoms with E-state index < -0.39 is 23.5 Å². The molecule has 1 saturated heterocycles. The van der Waals surface area contributed by atoms with Gasteiger partial charge in [-0.1, -0.05) is 23.2 Å². The molecule has 2 atom stereocenters. The summed E-state index contributed by atoms with van der Waals surface area (Å²) < 4.78 is 26.8. The van der Waals surface area contributed by atoms with Crippen molar-refractivity contribution < 1.29 is 18.4 Å². The number of carbonyl (C=O) groups is 2. The van der Waals surface area contributed by atoms with E-state index >= 15 is 0 Å². The van der Waals surface area contributed by atoms with Crippen molar-refractivity contribution >= 4 is 57.4 Å². The topological polar surface area (TPSA) is 87.2 Å². The zero-order valence-corrected chi connectivity index (χ0v) is 18.3. The molecule has 32 heavy (non-hydrogen) atoms. The molecule has 2 amide bonds. The van der Waals surface area contributed by atoms with Crippen molar-refractivity contribution in [2.75, 3.05) is 17.2 Å². The zero-order chi connectivity index (χ0) is 22.8. The Balaban J connectivity index is 1.56. The number of hydrogen-bond acceptors (Lipinski definition) is 5. The molecule has 0 saturated carbocycles. The van der Waals surface area contributed by atoms with Crippen molar-refractivity contribution in [2.45, 2.75) is 37.4 Å². The fourth-order valence-corrected chi connectivity index (χ4v) is 4.16. The van der Waals surface area contributed by atoms with Crippen molar-refractivity contribution in [3.63, 3.8) is 0 Å². The fourth-order valence-electron chi connectivity index (χ4n) is 3.81. The van der Waals surface area contributed by atoms with Crippen LogP contribution in [-0.2, 0) is 9.59 Å². The molecular formula is C21H19Cl2F2N5O2. The van der Waals surface area contributed by atoms with Crippen LogP contribution in [0.3, 0.4) is 0 Å². The zero-order valence-electron chi connectivity index (χ0n) is 16.7. The van der Waals surface area contributed by atoms with E-state index in [9.17, 15) is 18.4 Å². The Hall–Kier alpha value is -2.78. The molecule has 0 spiro atoms. The summed E-state index contributed by atoms with van der Waals surface area (Å²) in [5, 5.41) is 6.59. The van der Waals surface area contributed by atoms with Gasteiger partial charge in [-0.15, -0.1) is 0 Å². The third-order valence-electron chi connectivity index (χ3n) is 5.38. The highest BCUT2D eigenvalue weighted by atomic mass is 35.5. The Kier molecular flexibility index (Phi) is 6.57. The monoisotopic (exact) mass is 481 g/mol. The Morgan fingerprint density at radius 1 is 1.25 bits per heavy atom. The molecule has 1 unspecified atom stereocenters. The summed E-state index contributed by atoms with van der Waals surface area (Å²) >= 11 is 11.2. The van der Waals surface area contributed by atoms with E-state index in [1.54, 1.807) is 18.2 Å². The Bertz CT molecular complexity index is 1140. The standard InChI is InChI=1S/C21H19Cl2F2N5O2/c22-14-9-12(3-5-15(14)24)28-19-13-8-11(4-6-16(13)26-10-27-19)29-20(31)17-2-1-7-30(17)21(32)18(23)25/h4,6,8-10,17-18H,1-3,5,7H2,(H,29,31)(H,26,27,28)/t17-,18?/m0/s1. The van der Waals surface area contributed by atoms with E-state index in [-0.39, 0.29) is 23.8 Å². The second kappa shape index (κ2) is 9.38. The van der Waals surface area contributed by atoms with E-state index in [2.05, 4.69) is 20.6 Å². The highest BCUT2D eigenvalue weighted by Gasteiger charge is 2.36. The van der Waals surface area contributed by atoms with Gasteiger partial charge < -0.3 is 15.5 Å². The number of benzene rings is 1. The third kappa shape index (κ3) is 4.68. The van der Waals surface area contributed by atoms with Crippen LogP contribution >= 0.6 is 23.2 Å². The van der Waals surface area contributed by atoms with Gasteiger partial charge in [-0.2, -0.15) is 0 Å². The van der Waals surface area contributed by atoms with Crippen molar-refractivity contribution in [2.24, 2.45) is 0 Å². The Morgan fingerprint density at radius 3 is 2.81 bits per heavy atom. The molecule has 168 valence electrons. The summed E-state index contributed by atoms with van der Waals surface area (Å²) in [6.45, 7) is 0.274. The van der Waals surface area contributed by atoms with E-state index in [1.807, 2.05) is 0 Å². The van der Waals surface area contributed by atoms with Gasteiger partial charge in [0.05, 0.1) is 10.5 Å². The molecule has 1 aliphatic heterocycles. The van der Waals surface area contributed by atoms with Crippen LogP contribution < -0.4 is 10.6 Å². The third-order valence-corrected chi connectivity index (χ3v) is 5.88. The summed E-state index contributed by atoms with van der Waals surface area (Å²) in [6, 6.07) is 4.29. The number of fused-ring (bicyclic) bond motifs is 1. The van der Waals surface area contributed by atoms with Gasteiger partial charge in [0.1, 0.15) is 24.0 Å². The van der Waals surface area contributed by atoms with E-state index in [4.69, 9.17) is 23.2 Å². The number of alkyl halides is 2. The molecule has 2 N–H and O–H groups in total. The molecule has 0 bridgehead atoms. The number of nitrogens with zero attached hydrogens (tertiary/aromatic N) is 3. The van der Waals surface area contributed by atoms with Gasteiger partial charge in [-0.05, 0) is 43.5 Å². The van der Waals surface area contributed by atoms with Crippen LogP contribution in [0, 0.1) is 0 Å². The molecule has 2 heterocycles. The molecule has 4 rings (SSSR count). The van der Waals surface area contributed by atoms with Crippen molar-refractivity contribution in [1.82, 2.24) is 14.9 Å². The lowest BCUT2D eigenvalue weighted by atomic mass is 10.1. The Morgan fingerprint density at radius 2 is 2.06 bits per heavy atom. The van der Waals surface area contributed by atoms with Gasteiger partial charge in [0.2, 0.25) is 5.91 Å². The average molecular weight is 482 g/mol. The minimum absolute atomic E-state index is 0.0493. The molecule has 7 nitrogen and oxygen atoms in total. The van der Waals surface area contributed by atoms with Crippen molar-refractivity contribution in [1.29, 1.82) is 0 Å². The number of aromatic nitrogens is 2. The maximum atomic E-state index is 13.5. The number of halogens is 4. The van der Waals surface area contributed by atoms with Crippen LogP contribution in [0.25, 0.3) is 10.9 Å². The fraction of sp³-hybridized carbons (Fsp3) is 0.333. The maximum Gasteiger partial charge on any atom is 0.273 e. The minimum atomic E-state index is -2.18. The SMILES string of the molecule is O=C(Nc1ccc2ncnc(NC3=CC(Cl)=C(F)CC3)c2c1)[C@@H]1CCCN1C(=O)C(F)Cl. The summed E-state index contributed by atoms with van der Waals surface area (Å²) in [5.41, 5.74) is -0.387. The predicted octanol–water partition coefficient (Wildman–Crippen LogP) is 4.60. The van der Waals surface area contributed by atoms with E-state index in [0.29, 0.717) is 47.4 Å².